The fourth-order valence-corrected chi connectivity index (χ4v) is 2.65. The molecule has 0 aromatic heterocycles. The SMILES string of the molecule is CC(=O)NCC(C)(C)CS(C)(=O)=O. The van der Waals surface area contributed by atoms with Gasteiger partial charge in [-0.2, -0.15) is 0 Å². The van der Waals surface area contributed by atoms with E-state index in [2.05, 4.69) is 5.32 Å². The van der Waals surface area contributed by atoms with Crippen LogP contribution < -0.4 is 5.32 Å². The van der Waals surface area contributed by atoms with Crippen molar-refractivity contribution in [2.45, 2.75) is 20.8 Å². The van der Waals surface area contributed by atoms with Crippen molar-refractivity contribution in [3.8, 4) is 0 Å². The number of rotatable bonds is 4. The van der Waals surface area contributed by atoms with Gasteiger partial charge in [-0.05, 0) is 5.41 Å². The van der Waals surface area contributed by atoms with Crippen molar-refractivity contribution in [2.75, 3.05) is 18.6 Å². The molecule has 0 saturated heterocycles. The zero-order valence-electron chi connectivity index (χ0n) is 8.55. The van der Waals surface area contributed by atoms with Crippen LogP contribution in [0.25, 0.3) is 0 Å². The van der Waals surface area contributed by atoms with Crippen molar-refractivity contribution in [3.05, 3.63) is 0 Å². The molecule has 0 aromatic carbocycles. The molecule has 0 aliphatic heterocycles. The normalized spacial score (nSPS) is 12.6. The molecule has 0 aromatic rings. The molecule has 0 radical (unpaired) electrons. The number of amides is 1. The maximum Gasteiger partial charge on any atom is 0.216 e. The van der Waals surface area contributed by atoms with Crippen LogP contribution in [0.3, 0.4) is 0 Å². The van der Waals surface area contributed by atoms with Crippen molar-refractivity contribution in [3.63, 3.8) is 0 Å². The fourth-order valence-electron chi connectivity index (χ4n) is 1.12. The van der Waals surface area contributed by atoms with E-state index in [1.165, 1.54) is 13.2 Å². The smallest absolute Gasteiger partial charge is 0.216 e. The van der Waals surface area contributed by atoms with Crippen LogP contribution >= 0.6 is 0 Å². The number of hydrogen-bond acceptors (Lipinski definition) is 3. The average molecular weight is 207 g/mol. The molecule has 78 valence electrons. The van der Waals surface area contributed by atoms with Crippen LogP contribution in [-0.4, -0.2) is 32.9 Å². The Kier molecular flexibility index (Phi) is 3.90. The van der Waals surface area contributed by atoms with E-state index < -0.39 is 15.3 Å². The molecule has 0 bridgehead atoms. The first-order valence-corrected chi connectivity index (χ1v) is 6.11. The van der Waals surface area contributed by atoms with Crippen LogP contribution in [0.4, 0.5) is 0 Å². The number of carbonyl (C=O) groups is 1. The van der Waals surface area contributed by atoms with Gasteiger partial charge in [0.25, 0.3) is 0 Å². The summed E-state index contributed by atoms with van der Waals surface area (Å²) in [5, 5.41) is 2.60. The van der Waals surface area contributed by atoms with Gasteiger partial charge in [0.05, 0.1) is 5.75 Å². The van der Waals surface area contributed by atoms with Crippen LogP contribution in [0, 0.1) is 5.41 Å². The van der Waals surface area contributed by atoms with Gasteiger partial charge in [0.2, 0.25) is 5.91 Å². The second-order valence-electron chi connectivity index (χ2n) is 4.14. The number of sulfone groups is 1. The quantitative estimate of drug-likeness (QED) is 0.716. The number of nitrogens with one attached hydrogen (secondary N) is 1. The first-order valence-electron chi connectivity index (χ1n) is 4.05. The monoisotopic (exact) mass is 207 g/mol. The van der Waals surface area contributed by atoms with Gasteiger partial charge >= 0.3 is 0 Å². The Hall–Kier alpha value is -0.580. The molecule has 0 rings (SSSR count). The van der Waals surface area contributed by atoms with Gasteiger partial charge in [-0.25, -0.2) is 8.42 Å². The van der Waals surface area contributed by atoms with E-state index in [-0.39, 0.29) is 11.7 Å². The van der Waals surface area contributed by atoms with Gasteiger partial charge in [0.1, 0.15) is 9.84 Å². The van der Waals surface area contributed by atoms with Gasteiger partial charge in [-0.15, -0.1) is 0 Å². The predicted molar refractivity (Wildman–Crippen MR) is 52.2 cm³/mol. The first kappa shape index (κ1) is 12.4. The minimum Gasteiger partial charge on any atom is -0.356 e. The van der Waals surface area contributed by atoms with Crippen LogP contribution in [0.2, 0.25) is 0 Å². The molecule has 0 unspecified atom stereocenters. The Balaban J connectivity index is 4.17. The Labute approximate surface area is 79.6 Å². The molecule has 0 fully saturated rings. The molecular formula is C8H17NO3S. The van der Waals surface area contributed by atoms with Crippen molar-refractivity contribution in [2.24, 2.45) is 5.41 Å². The third-order valence-corrected chi connectivity index (χ3v) is 2.77. The Morgan fingerprint density at radius 2 is 1.85 bits per heavy atom. The number of hydrogen-bond donors (Lipinski definition) is 1. The second kappa shape index (κ2) is 4.09. The summed E-state index contributed by atoms with van der Waals surface area (Å²) in [4.78, 5) is 10.6. The largest absolute Gasteiger partial charge is 0.356 e. The molecule has 5 heteroatoms. The maximum atomic E-state index is 11.0. The summed E-state index contributed by atoms with van der Waals surface area (Å²) in [7, 11) is -2.98. The van der Waals surface area contributed by atoms with Crippen molar-refractivity contribution < 1.29 is 13.2 Å². The molecule has 0 spiro atoms. The molecule has 4 nitrogen and oxygen atoms in total. The molecular weight excluding hydrogens is 190 g/mol. The van der Waals surface area contributed by atoms with E-state index in [0.717, 1.165) is 0 Å². The minimum absolute atomic E-state index is 0.0836. The lowest BCUT2D eigenvalue weighted by Gasteiger charge is -2.23. The highest BCUT2D eigenvalue weighted by molar-refractivity contribution is 7.90. The summed E-state index contributed by atoms with van der Waals surface area (Å²) < 4.78 is 22.0. The van der Waals surface area contributed by atoms with Crippen LogP contribution in [0.5, 0.6) is 0 Å². The summed E-state index contributed by atoms with van der Waals surface area (Å²) in [5.74, 6) is -0.0538. The third kappa shape index (κ3) is 7.77. The van der Waals surface area contributed by atoms with Gasteiger partial charge in [-0.1, -0.05) is 13.8 Å². The second-order valence-corrected chi connectivity index (χ2v) is 6.28. The highest BCUT2D eigenvalue weighted by Gasteiger charge is 2.23. The van der Waals surface area contributed by atoms with Gasteiger partial charge in [0.15, 0.2) is 0 Å². The summed E-state index contributed by atoms with van der Waals surface area (Å²) in [6, 6.07) is 0. The molecule has 13 heavy (non-hydrogen) atoms. The van der Waals surface area contributed by atoms with Crippen LogP contribution in [0.15, 0.2) is 0 Å². The van der Waals surface area contributed by atoms with Crippen LogP contribution in [-0.2, 0) is 14.6 Å². The minimum atomic E-state index is -2.98. The zero-order chi connectivity index (χ0) is 10.7. The summed E-state index contributed by atoms with van der Waals surface area (Å²) in [5.41, 5.74) is -0.404. The van der Waals surface area contributed by atoms with Crippen LogP contribution in [0.1, 0.15) is 20.8 Å². The van der Waals surface area contributed by atoms with E-state index in [1.807, 2.05) is 13.8 Å². The predicted octanol–water partition coefficient (Wildman–Crippen LogP) is 0.193. The average Bonchev–Trinajstić information content (AvgIpc) is 1.78. The fraction of sp³-hybridized carbons (Fsp3) is 0.875. The lowest BCUT2D eigenvalue weighted by Crippen LogP contribution is -2.36. The zero-order valence-corrected chi connectivity index (χ0v) is 9.36. The number of carbonyl (C=O) groups excluding carboxylic acids is 1. The maximum absolute atomic E-state index is 11.0. The highest BCUT2D eigenvalue weighted by atomic mass is 32.2. The standard InChI is InChI=1S/C8H17NO3S/c1-7(10)9-5-8(2,3)6-13(4,11)12/h5-6H2,1-4H3,(H,9,10). The molecule has 0 atom stereocenters. The van der Waals surface area contributed by atoms with Gasteiger partial charge < -0.3 is 5.32 Å². The van der Waals surface area contributed by atoms with Gasteiger partial charge in [0, 0.05) is 19.7 Å². The molecule has 1 amide bonds. The van der Waals surface area contributed by atoms with E-state index in [9.17, 15) is 13.2 Å². The summed E-state index contributed by atoms with van der Waals surface area (Å²) >= 11 is 0. The topological polar surface area (TPSA) is 63.2 Å². The molecule has 0 saturated carbocycles. The molecule has 0 heterocycles. The van der Waals surface area contributed by atoms with Crippen molar-refractivity contribution in [1.82, 2.24) is 5.32 Å². The van der Waals surface area contributed by atoms with Crippen molar-refractivity contribution >= 4 is 15.7 Å². The Bertz CT molecular complexity index is 280. The molecule has 0 aliphatic rings. The first-order chi connectivity index (χ1) is 5.62. The Morgan fingerprint density at radius 1 is 1.38 bits per heavy atom. The summed E-state index contributed by atoms with van der Waals surface area (Å²) in [6.45, 7) is 5.42. The van der Waals surface area contributed by atoms with Crippen molar-refractivity contribution in [1.29, 1.82) is 0 Å². The summed E-state index contributed by atoms with van der Waals surface area (Å²) in [6.07, 6.45) is 1.20. The molecule has 1 N–H and O–H groups in total. The van der Waals surface area contributed by atoms with Gasteiger partial charge in [-0.3, -0.25) is 4.79 Å². The van der Waals surface area contributed by atoms with E-state index >= 15 is 0 Å². The Morgan fingerprint density at radius 3 is 2.15 bits per heavy atom. The van der Waals surface area contributed by atoms with E-state index in [4.69, 9.17) is 0 Å². The van der Waals surface area contributed by atoms with E-state index in [1.54, 1.807) is 0 Å². The third-order valence-electron chi connectivity index (χ3n) is 1.47. The highest BCUT2D eigenvalue weighted by Crippen LogP contribution is 2.15. The lowest BCUT2D eigenvalue weighted by molar-refractivity contribution is -0.119. The van der Waals surface area contributed by atoms with E-state index in [0.29, 0.717) is 6.54 Å². The molecule has 0 aliphatic carbocycles. The lowest BCUT2D eigenvalue weighted by atomic mass is 9.96.